The molecule has 0 bridgehead atoms. The highest BCUT2D eigenvalue weighted by atomic mass is 16.6. The summed E-state index contributed by atoms with van der Waals surface area (Å²) in [5.41, 5.74) is 0.0441. The van der Waals surface area contributed by atoms with Crippen LogP contribution in [-0.2, 0) is 25.7 Å². The molecular formula is C28H39NO5. The van der Waals surface area contributed by atoms with E-state index < -0.39 is 11.0 Å². The van der Waals surface area contributed by atoms with E-state index in [9.17, 15) is 14.4 Å². The van der Waals surface area contributed by atoms with E-state index in [1.165, 1.54) is 0 Å². The van der Waals surface area contributed by atoms with Gasteiger partial charge < -0.3 is 14.4 Å². The summed E-state index contributed by atoms with van der Waals surface area (Å²) in [6, 6.07) is 10.1. The van der Waals surface area contributed by atoms with Gasteiger partial charge in [-0.2, -0.15) is 0 Å². The van der Waals surface area contributed by atoms with Crippen molar-refractivity contribution in [1.82, 2.24) is 4.90 Å². The first-order valence-electron chi connectivity index (χ1n) is 12.8. The van der Waals surface area contributed by atoms with Crippen LogP contribution in [0, 0.1) is 23.2 Å². The lowest BCUT2D eigenvalue weighted by atomic mass is 9.58. The van der Waals surface area contributed by atoms with Crippen LogP contribution >= 0.6 is 0 Å². The first kappa shape index (κ1) is 24.9. The molecule has 4 rings (SSSR count). The normalized spacial score (nSPS) is 30.1. The van der Waals surface area contributed by atoms with E-state index in [0.29, 0.717) is 52.0 Å². The molecule has 0 radical (unpaired) electrons. The maximum atomic E-state index is 13.7. The Labute approximate surface area is 203 Å². The number of ether oxygens (including phenoxy) is 2. The minimum Gasteiger partial charge on any atom is -0.444 e. The second kappa shape index (κ2) is 10.2. The van der Waals surface area contributed by atoms with Gasteiger partial charge in [-0.15, -0.1) is 0 Å². The van der Waals surface area contributed by atoms with Gasteiger partial charge in [-0.1, -0.05) is 30.3 Å². The van der Waals surface area contributed by atoms with Gasteiger partial charge in [0.15, 0.2) is 0 Å². The summed E-state index contributed by atoms with van der Waals surface area (Å²) in [6.45, 7) is 7.85. The molecule has 4 atom stereocenters. The summed E-state index contributed by atoms with van der Waals surface area (Å²) in [5, 5.41) is 0. The second-order valence-electron chi connectivity index (χ2n) is 11.4. The fourth-order valence-electron chi connectivity index (χ4n) is 6.44. The molecule has 6 heteroatoms. The molecule has 2 aliphatic carbocycles. The maximum Gasteiger partial charge on any atom is 0.410 e. The van der Waals surface area contributed by atoms with Crippen molar-refractivity contribution in [2.24, 2.45) is 23.2 Å². The molecule has 0 aromatic heterocycles. The predicted molar refractivity (Wildman–Crippen MR) is 129 cm³/mol. The van der Waals surface area contributed by atoms with Crippen molar-refractivity contribution >= 4 is 17.7 Å². The van der Waals surface area contributed by atoms with Crippen LogP contribution in [0.25, 0.3) is 0 Å². The molecule has 0 N–H and O–H groups in total. The number of carbonyl (C=O) groups is 3. The second-order valence-corrected chi connectivity index (χ2v) is 11.4. The van der Waals surface area contributed by atoms with Gasteiger partial charge in [0, 0.05) is 37.3 Å². The van der Waals surface area contributed by atoms with E-state index in [2.05, 4.69) is 0 Å². The highest BCUT2D eigenvalue weighted by Crippen LogP contribution is 2.57. The molecule has 1 aromatic rings. The van der Waals surface area contributed by atoms with Crippen LogP contribution in [0.2, 0.25) is 0 Å². The zero-order valence-corrected chi connectivity index (χ0v) is 20.9. The average molecular weight is 470 g/mol. The molecule has 1 heterocycles. The Morgan fingerprint density at radius 3 is 2.56 bits per heavy atom. The topological polar surface area (TPSA) is 72.9 Å². The Morgan fingerprint density at radius 2 is 1.82 bits per heavy atom. The third kappa shape index (κ3) is 5.37. The van der Waals surface area contributed by atoms with E-state index in [-0.39, 0.29) is 35.4 Å². The van der Waals surface area contributed by atoms with Crippen molar-refractivity contribution in [3.8, 4) is 0 Å². The number of ketones is 2. The molecule has 4 unspecified atom stereocenters. The summed E-state index contributed by atoms with van der Waals surface area (Å²) < 4.78 is 11.5. The monoisotopic (exact) mass is 469 g/mol. The summed E-state index contributed by atoms with van der Waals surface area (Å²) in [5.74, 6) is 0.567. The van der Waals surface area contributed by atoms with E-state index in [1.54, 1.807) is 4.90 Å². The number of carbonyl (C=O) groups excluding carboxylic acids is 3. The zero-order valence-electron chi connectivity index (χ0n) is 20.9. The van der Waals surface area contributed by atoms with Crippen molar-refractivity contribution in [3.63, 3.8) is 0 Å². The zero-order chi connectivity index (χ0) is 24.3. The lowest BCUT2D eigenvalue weighted by Gasteiger charge is -2.44. The van der Waals surface area contributed by atoms with Gasteiger partial charge >= 0.3 is 6.09 Å². The average Bonchev–Trinajstić information content (AvgIpc) is 3.08. The molecule has 1 aliphatic heterocycles. The standard InChI is InChI=1S/C28H39NO5/c1-27(2,3)34-26(32)29-13-7-11-23-24(30)17-22-15-21(16-25(31)28(22,23)12-8-14-29)19-33-18-20-9-5-4-6-10-20/h4-6,9-10,21-23H,7-8,11-19H2,1-3H3. The van der Waals surface area contributed by atoms with Gasteiger partial charge in [-0.3, -0.25) is 9.59 Å². The Morgan fingerprint density at radius 1 is 1.09 bits per heavy atom. The Balaban J connectivity index is 1.41. The molecule has 2 saturated carbocycles. The van der Waals surface area contributed by atoms with Crippen molar-refractivity contribution in [1.29, 1.82) is 0 Å². The van der Waals surface area contributed by atoms with Crippen LogP contribution in [-0.4, -0.2) is 47.9 Å². The largest absolute Gasteiger partial charge is 0.444 e. The highest BCUT2D eigenvalue weighted by Gasteiger charge is 2.60. The van der Waals surface area contributed by atoms with E-state index in [1.807, 2.05) is 51.1 Å². The highest BCUT2D eigenvalue weighted by molar-refractivity contribution is 5.97. The van der Waals surface area contributed by atoms with Crippen LogP contribution in [0.4, 0.5) is 4.79 Å². The summed E-state index contributed by atoms with van der Waals surface area (Å²) in [4.78, 5) is 41.2. The van der Waals surface area contributed by atoms with Crippen molar-refractivity contribution < 1.29 is 23.9 Å². The Hall–Kier alpha value is -2.21. The molecule has 186 valence electrons. The van der Waals surface area contributed by atoms with Gasteiger partial charge in [0.05, 0.1) is 13.2 Å². The van der Waals surface area contributed by atoms with Crippen LogP contribution < -0.4 is 0 Å². The molecule has 1 amide bonds. The van der Waals surface area contributed by atoms with Gasteiger partial charge in [-0.25, -0.2) is 4.79 Å². The first-order valence-corrected chi connectivity index (χ1v) is 12.8. The van der Waals surface area contributed by atoms with Gasteiger partial charge in [-0.05, 0) is 70.3 Å². The molecule has 1 saturated heterocycles. The molecule has 1 aromatic carbocycles. The lowest BCUT2D eigenvalue weighted by Crippen LogP contribution is -2.47. The number of benzene rings is 1. The maximum absolute atomic E-state index is 13.7. The summed E-state index contributed by atoms with van der Waals surface area (Å²) >= 11 is 0. The molecule has 1 spiro atoms. The van der Waals surface area contributed by atoms with Gasteiger partial charge in [0.2, 0.25) is 0 Å². The third-order valence-electron chi connectivity index (χ3n) is 7.85. The van der Waals surface area contributed by atoms with E-state index in [4.69, 9.17) is 9.47 Å². The van der Waals surface area contributed by atoms with E-state index in [0.717, 1.165) is 24.8 Å². The van der Waals surface area contributed by atoms with Crippen LogP contribution in [0.15, 0.2) is 30.3 Å². The quantitative estimate of drug-likeness (QED) is 0.607. The van der Waals surface area contributed by atoms with Crippen LogP contribution in [0.1, 0.15) is 71.3 Å². The fraction of sp³-hybridized carbons (Fsp3) is 0.679. The van der Waals surface area contributed by atoms with E-state index >= 15 is 0 Å². The number of nitrogens with zero attached hydrogens (tertiary/aromatic N) is 1. The van der Waals surface area contributed by atoms with Gasteiger partial charge in [0.25, 0.3) is 0 Å². The van der Waals surface area contributed by atoms with Gasteiger partial charge in [0.1, 0.15) is 17.2 Å². The SMILES string of the molecule is CC(C)(C)OC(=O)N1CCCC2C(=O)CC3CC(COCc4ccccc4)CC(=O)C32CCC1. The lowest BCUT2D eigenvalue weighted by molar-refractivity contribution is -0.143. The predicted octanol–water partition coefficient (Wildman–Crippen LogP) is 5.19. The van der Waals surface area contributed by atoms with Crippen molar-refractivity contribution in [2.45, 2.75) is 77.9 Å². The number of hydrogen-bond donors (Lipinski definition) is 0. The Bertz CT molecular complexity index is 892. The molecule has 3 aliphatic rings. The Kier molecular flexibility index (Phi) is 7.46. The van der Waals surface area contributed by atoms with Crippen LogP contribution in [0.5, 0.6) is 0 Å². The molecule has 34 heavy (non-hydrogen) atoms. The number of rotatable bonds is 4. The molecule has 6 nitrogen and oxygen atoms in total. The van der Waals surface area contributed by atoms with Crippen LogP contribution in [0.3, 0.4) is 0 Å². The summed E-state index contributed by atoms with van der Waals surface area (Å²) in [7, 11) is 0. The third-order valence-corrected chi connectivity index (χ3v) is 7.85. The van der Waals surface area contributed by atoms with Crippen molar-refractivity contribution in [2.75, 3.05) is 19.7 Å². The number of hydrogen-bond acceptors (Lipinski definition) is 5. The smallest absolute Gasteiger partial charge is 0.410 e. The fourth-order valence-corrected chi connectivity index (χ4v) is 6.44. The molecular weight excluding hydrogens is 430 g/mol. The minimum atomic E-state index is -0.545. The minimum absolute atomic E-state index is 0.102. The molecule has 3 fully saturated rings. The number of amides is 1. The first-order chi connectivity index (χ1) is 16.2. The van der Waals surface area contributed by atoms with Crippen molar-refractivity contribution in [3.05, 3.63) is 35.9 Å². The summed E-state index contributed by atoms with van der Waals surface area (Å²) in [6.07, 6.45) is 4.39. The number of Topliss-reactive ketones (excluding diaryl/α,β-unsaturated/α-hetero) is 2.